The van der Waals surface area contributed by atoms with Crippen molar-refractivity contribution in [3.63, 3.8) is 0 Å². The summed E-state index contributed by atoms with van der Waals surface area (Å²) < 4.78 is 2.06. The summed E-state index contributed by atoms with van der Waals surface area (Å²) in [6.45, 7) is 2.94. The van der Waals surface area contributed by atoms with Gasteiger partial charge in [-0.1, -0.05) is 18.2 Å². The Morgan fingerprint density at radius 1 is 1.20 bits per heavy atom. The van der Waals surface area contributed by atoms with Crippen molar-refractivity contribution in [2.24, 2.45) is 0 Å². The quantitative estimate of drug-likeness (QED) is 0.903. The van der Waals surface area contributed by atoms with Gasteiger partial charge in [-0.2, -0.15) is 0 Å². The van der Waals surface area contributed by atoms with Gasteiger partial charge in [0.2, 0.25) is 0 Å². The van der Waals surface area contributed by atoms with Gasteiger partial charge in [0, 0.05) is 11.8 Å². The fourth-order valence-electron chi connectivity index (χ4n) is 2.06. The van der Waals surface area contributed by atoms with Gasteiger partial charge in [-0.15, -0.1) is 0 Å². The second-order valence-electron chi connectivity index (χ2n) is 4.46. The molecule has 0 bridgehead atoms. The van der Waals surface area contributed by atoms with Crippen LogP contribution in [-0.2, 0) is 4.79 Å². The van der Waals surface area contributed by atoms with Crippen LogP contribution in [0.3, 0.4) is 0 Å². The van der Waals surface area contributed by atoms with Crippen LogP contribution in [0.25, 0.3) is 5.69 Å². The SMILES string of the molecule is Cc1cc(=O)n(-c2ccccc2)c(=O)n1[C@@H](C)C(=O)O. The molecule has 1 aromatic carbocycles. The predicted octanol–water partition coefficient (Wildman–Crippen LogP) is 0.953. The molecule has 2 aromatic rings. The fraction of sp³-hybridized carbons (Fsp3) is 0.214. The number of aliphatic carboxylic acids is 1. The van der Waals surface area contributed by atoms with Crippen LogP contribution in [0.5, 0.6) is 0 Å². The van der Waals surface area contributed by atoms with Crippen molar-refractivity contribution in [3.05, 3.63) is 62.9 Å². The molecule has 0 spiro atoms. The maximum Gasteiger partial charge on any atom is 0.336 e. The molecule has 1 heterocycles. The average Bonchev–Trinajstić information content (AvgIpc) is 2.39. The van der Waals surface area contributed by atoms with Crippen LogP contribution in [0.2, 0.25) is 0 Å². The molecule has 0 saturated heterocycles. The Kier molecular flexibility index (Phi) is 3.56. The minimum atomic E-state index is -1.13. The zero-order valence-corrected chi connectivity index (χ0v) is 11.1. The molecule has 0 fully saturated rings. The van der Waals surface area contributed by atoms with E-state index in [0.29, 0.717) is 11.4 Å². The van der Waals surface area contributed by atoms with Gasteiger partial charge in [0.25, 0.3) is 5.56 Å². The van der Waals surface area contributed by atoms with Crippen LogP contribution in [0, 0.1) is 6.92 Å². The lowest BCUT2D eigenvalue weighted by molar-refractivity contribution is -0.140. The molecule has 2 rings (SSSR count). The summed E-state index contributed by atoms with van der Waals surface area (Å²) in [4.78, 5) is 35.5. The normalized spacial score (nSPS) is 12.1. The molecule has 0 aliphatic heterocycles. The largest absolute Gasteiger partial charge is 0.480 e. The van der Waals surface area contributed by atoms with Crippen molar-refractivity contribution in [2.75, 3.05) is 0 Å². The van der Waals surface area contributed by atoms with Crippen molar-refractivity contribution in [2.45, 2.75) is 19.9 Å². The Bertz CT molecular complexity index is 759. The first-order valence-electron chi connectivity index (χ1n) is 6.07. The molecule has 104 valence electrons. The first-order chi connectivity index (χ1) is 9.43. The smallest absolute Gasteiger partial charge is 0.336 e. The Balaban J connectivity index is 2.79. The van der Waals surface area contributed by atoms with E-state index >= 15 is 0 Å². The summed E-state index contributed by atoms with van der Waals surface area (Å²) in [5, 5.41) is 9.07. The first-order valence-corrected chi connectivity index (χ1v) is 6.07. The van der Waals surface area contributed by atoms with Crippen molar-refractivity contribution in [1.82, 2.24) is 9.13 Å². The van der Waals surface area contributed by atoms with E-state index in [-0.39, 0.29) is 0 Å². The summed E-state index contributed by atoms with van der Waals surface area (Å²) in [6, 6.07) is 8.62. The van der Waals surface area contributed by atoms with Crippen LogP contribution in [0.15, 0.2) is 46.0 Å². The van der Waals surface area contributed by atoms with Gasteiger partial charge in [0.1, 0.15) is 6.04 Å². The maximum absolute atomic E-state index is 12.4. The molecule has 0 amide bonds. The van der Waals surface area contributed by atoms with E-state index in [9.17, 15) is 14.4 Å². The molecular weight excluding hydrogens is 260 g/mol. The Morgan fingerprint density at radius 3 is 2.35 bits per heavy atom. The molecule has 6 nitrogen and oxygen atoms in total. The van der Waals surface area contributed by atoms with Crippen molar-refractivity contribution < 1.29 is 9.90 Å². The number of aromatic nitrogens is 2. The number of carbonyl (C=O) groups is 1. The number of para-hydroxylation sites is 1. The molecular formula is C14H14N2O4. The fourth-order valence-corrected chi connectivity index (χ4v) is 2.06. The summed E-state index contributed by atoms with van der Waals surface area (Å²) in [5.74, 6) is -1.13. The zero-order chi connectivity index (χ0) is 14.9. The molecule has 20 heavy (non-hydrogen) atoms. The van der Waals surface area contributed by atoms with E-state index < -0.39 is 23.3 Å². The lowest BCUT2D eigenvalue weighted by Crippen LogP contribution is -2.42. The number of rotatable bonds is 3. The van der Waals surface area contributed by atoms with E-state index in [0.717, 1.165) is 9.13 Å². The summed E-state index contributed by atoms with van der Waals surface area (Å²) >= 11 is 0. The van der Waals surface area contributed by atoms with E-state index in [4.69, 9.17) is 5.11 Å². The average molecular weight is 274 g/mol. The summed E-state index contributed by atoms with van der Waals surface area (Å²) in [6.07, 6.45) is 0. The van der Waals surface area contributed by atoms with E-state index in [1.54, 1.807) is 30.3 Å². The number of nitrogens with zero attached hydrogens (tertiary/aromatic N) is 2. The van der Waals surface area contributed by atoms with Crippen LogP contribution in [-0.4, -0.2) is 20.2 Å². The molecule has 1 atom stereocenters. The van der Waals surface area contributed by atoms with E-state index in [2.05, 4.69) is 0 Å². The Labute approximate surface area is 114 Å². The van der Waals surface area contributed by atoms with Gasteiger partial charge >= 0.3 is 11.7 Å². The second-order valence-corrected chi connectivity index (χ2v) is 4.46. The topological polar surface area (TPSA) is 81.3 Å². The molecule has 0 radical (unpaired) electrons. The lowest BCUT2D eigenvalue weighted by Gasteiger charge is -2.16. The molecule has 1 aromatic heterocycles. The molecule has 0 aliphatic carbocycles. The number of carboxylic acids is 1. The number of benzene rings is 1. The summed E-state index contributed by atoms with van der Waals surface area (Å²) in [5.41, 5.74) is -0.403. The second kappa shape index (κ2) is 5.16. The third-order valence-corrected chi connectivity index (χ3v) is 3.09. The molecule has 1 N–H and O–H groups in total. The monoisotopic (exact) mass is 274 g/mol. The predicted molar refractivity (Wildman–Crippen MR) is 73.4 cm³/mol. The van der Waals surface area contributed by atoms with Crippen LogP contribution < -0.4 is 11.2 Å². The van der Waals surface area contributed by atoms with Crippen LogP contribution in [0.4, 0.5) is 0 Å². The minimum absolute atomic E-state index is 0.321. The Hall–Kier alpha value is -2.63. The van der Waals surface area contributed by atoms with Crippen molar-refractivity contribution >= 4 is 5.97 Å². The highest BCUT2D eigenvalue weighted by Crippen LogP contribution is 2.07. The van der Waals surface area contributed by atoms with Crippen LogP contribution >= 0.6 is 0 Å². The lowest BCUT2D eigenvalue weighted by atomic mass is 10.3. The highest BCUT2D eigenvalue weighted by atomic mass is 16.4. The first kappa shape index (κ1) is 13.8. The van der Waals surface area contributed by atoms with Gasteiger partial charge in [-0.25, -0.2) is 14.2 Å². The number of hydrogen-bond acceptors (Lipinski definition) is 3. The number of hydrogen-bond donors (Lipinski definition) is 1. The van der Waals surface area contributed by atoms with Gasteiger partial charge in [-0.3, -0.25) is 9.36 Å². The molecule has 0 aliphatic rings. The zero-order valence-electron chi connectivity index (χ0n) is 11.1. The van der Waals surface area contributed by atoms with Gasteiger partial charge in [0.15, 0.2) is 0 Å². The summed E-state index contributed by atoms with van der Waals surface area (Å²) in [7, 11) is 0. The third-order valence-electron chi connectivity index (χ3n) is 3.09. The molecule has 6 heteroatoms. The highest BCUT2D eigenvalue weighted by Gasteiger charge is 2.19. The van der Waals surface area contributed by atoms with Gasteiger partial charge < -0.3 is 5.11 Å². The maximum atomic E-state index is 12.4. The van der Waals surface area contributed by atoms with Crippen molar-refractivity contribution in [3.8, 4) is 5.69 Å². The van der Waals surface area contributed by atoms with Gasteiger partial charge in [0.05, 0.1) is 5.69 Å². The Morgan fingerprint density at radius 2 is 1.80 bits per heavy atom. The minimum Gasteiger partial charge on any atom is -0.480 e. The van der Waals surface area contributed by atoms with Crippen molar-refractivity contribution in [1.29, 1.82) is 0 Å². The molecule has 0 unspecified atom stereocenters. The van der Waals surface area contributed by atoms with E-state index in [1.807, 2.05) is 0 Å². The van der Waals surface area contributed by atoms with E-state index in [1.165, 1.54) is 19.9 Å². The highest BCUT2D eigenvalue weighted by molar-refractivity contribution is 5.71. The standard InChI is InChI=1S/C14H14N2O4/c1-9-8-12(17)16(11-6-4-3-5-7-11)14(20)15(9)10(2)13(18)19/h3-8,10H,1-2H3,(H,18,19)/t10-/m0/s1. The van der Waals surface area contributed by atoms with Gasteiger partial charge in [-0.05, 0) is 26.0 Å². The number of carboxylic acid groups (broad SMARTS) is 1. The number of aryl methyl sites for hydroxylation is 1. The molecule has 0 saturated carbocycles. The van der Waals surface area contributed by atoms with Crippen LogP contribution in [0.1, 0.15) is 18.7 Å². The third kappa shape index (κ3) is 2.27.